The molecule has 1 N–H and O–H groups in total. The number of carbonyl (C=O) groups excluding carboxylic acids is 2. The highest BCUT2D eigenvalue weighted by Gasteiger charge is 2.25. The maximum atomic E-state index is 12.0. The molecule has 0 saturated heterocycles. The van der Waals surface area contributed by atoms with Gasteiger partial charge < -0.3 is 15.1 Å². The molecule has 1 aliphatic heterocycles. The van der Waals surface area contributed by atoms with Gasteiger partial charge in [0.2, 0.25) is 11.8 Å². The predicted octanol–water partition coefficient (Wildman–Crippen LogP) is 1.49. The summed E-state index contributed by atoms with van der Waals surface area (Å²) in [4.78, 5) is 27.3. The highest BCUT2D eigenvalue weighted by molar-refractivity contribution is 6.02. The average molecular weight is 275 g/mol. The lowest BCUT2D eigenvalue weighted by Crippen LogP contribution is -2.27. The van der Waals surface area contributed by atoms with E-state index in [2.05, 4.69) is 5.32 Å². The molecule has 0 radical (unpaired) electrons. The quantitative estimate of drug-likeness (QED) is 0.905. The molecule has 2 rings (SSSR count). The summed E-state index contributed by atoms with van der Waals surface area (Å²) in [6.45, 7) is 2.95. The van der Waals surface area contributed by atoms with E-state index in [0.29, 0.717) is 19.5 Å². The summed E-state index contributed by atoms with van der Waals surface area (Å²) in [5.74, 6) is -0.0127. The van der Waals surface area contributed by atoms with E-state index in [1.54, 1.807) is 11.8 Å². The van der Waals surface area contributed by atoms with Crippen LogP contribution in [0.4, 0.5) is 11.4 Å². The van der Waals surface area contributed by atoms with Gasteiger partial charge in [-0.1, -0.05) is 12.1 Å². The Balaban J connectivity index is 2.15. The number of rotatable bonds is 4. The number of para-hydroxylation sites is 1. The number of anilines is 2. The molecule has 20 heavy (non-hydrogen) atoms. The van der Waals surface area contributed by atoms with Crippen LogP contribution in [0.1, 0.15) is 18.9 Å². The number of nitrogens with one attached hydrogen (secondary N) is 1. The lowest BCUT2D eigenvalue weighted by Gasteiger charge is -2.19. The van der Waals surface area contributed by atoms with E-state index < -0.39 is 0 Å². The van der Waals surface area contributed by atoms with Crippen LogP contribution in [0.3, 0.4) is 0 Å². The Morgan fingerprint density at radius 1 is 1.35 bits per heavy atom. The molecule has 5 heteroatoms. The van der Waals surface area contributed by atoms with Gasteiger partial charge in [-0.2, -0.15) is 0 Å². The second-order valence-corrected chi connectivity index (χ2v) is 5.34. The molecule has 0 spiro atoms. The van der Waals surface area contributed by atoms with E-state index in [1.165, 1.54) is 0 Å². The lowest BCUT2D eigenvalue weighted by atomic mass is 10.1. The van der Waals surface area contributed by atoms with Crippen molar-refractivity contribution in [1.29, 1.82) is 0 Å². The van der Waals surface area contributed by atoms with Crippen molar-refractivity contribution in [3.05, 3.63) is 23.8 Å². The Morgan fingerprint density at radius 2 is 2.10 bits per heavy atom. The Bertz CT molecular complexity index is 526. The van der Waals surface area contributed by atoms with Gasteiger partial charge in [0.15, 0.2) is 0 Å². The average Bonchev–Trinajstić information content (AvgIpc) is 2.81. The molecule has 0 bridgehead atoms. The van der Waals surface area contributed by atoms with Gasteiger partial charge in [0.05, 0.1) is 11.4 Å². The van der Waals surface area contributed by atoms with E-state index in [4.69, 9.17) is 0 Å². The number of fused-ring (bicyclic) bond motifs is 1. The first-order valence-electron chi connectivity index (χ1n) is 6.83. The van der Waals surface area contributed by atoms with Crippen LogP contribution >= 0.6 is 0 Å². The van der Waals surface area contributed by atoms with Gasteiger partial charge in [-0.15, -0.1) is 0 Å². The molecule has 2 amide bonds. The number of benzene rings is 1. The molecule has 0 atom stereocenters. The first-order chi connectivity index (χ1) is 9.49. The van der Waals surface area contributed by atoms with Crippen molar-refractivity contribution in [2.24, 2.45) is 0 Å². The van der Waals surface area contributed by atoms with Crippen molar-refractivity contribution in [3.8, 4) is 0 Å². The summed E-state index contributed by atoms with van der Waals surface area (Å²) < 4.78 is 0. The van der Waals surface area contributed by atoms with E-state index in [0.717, 1.165) is 23.4 Å². The highest BCUT2D eigenvalue weighted by atomic mass is 16.2. The van der Waals surface area contributed by atoms with Crippen LogP contribution < -0.4 is 10.2 Å². The second kappa shape index (κ2) is 6.05. The molecule has 0 aliphatic carbocycles. The largest absolute Gasteiger partial charge is 0.324 e. The van der Waals surface area contributed by atoms with Gasteiger partial charge in [-0.05, 0) is 32.1 Å². The van der Waals surface area contributed by atoms with Gasteiger partial charge in [0, 0.05) is 26.4 Å². The molecule has 0 fully saturated rings. The zero-order chi connectivity index (χ0) is 14.7. The molecule has 0 aromatic heterocycles. The van der Waals surface area contributed by atoms with Gasteiger partial charge >= 0.3 is 0 Å². The van der Waals surface area contributed by atoms with Crippen molar-refractivity contribution in [2.75, 3.05) is 37.4 Å². The fraction of sp³-hybridized carbons (Fsp3) is 0.467. The number of hydrogen-bond acceptors (Lipinski definition) is 3. The topological polar surface area (TPSA) is 52.7 Å². The van der Waals surface area contributed by atoms with Gasteiger partial charge in [0.25, 0.3) is 0 Å². The number of amides is 2. The van der Waals surface area contributed by atoms with Crippen LogP contribution in [0.25, 0.3) is 0 Å². The summed E-state index contributed by atoms with van der Waals surface area (Å²) in [7, 11) is 3.87. The van der Waals surface area contributed by atoms with E-state index in [9.17, 15) is 9.59 Å². The minimum atomic E-state index is -0.0255. The summed E-state index contributed by atoms with van der Waals surface area (Å²) in [5.41, 5.74) is 2.71. The maximum Gasteiger partial charge on any atom is 0.225 e. The Morgan fingerprint density at radius 3 is 2.75 bits per heavy atom. The third-order valence-electron chi connectivity index (χ3n) is 3.43. The second-order valence-electron chi connectivity index (χ2n) is 5.34. The smallest absolute Gasteiger partial charge is 0.225 e. The third-order valence-corrected chi connectivity index (χ3v) is 3.43. The zero-order valence-electron chi connectivity index (χ0n) is 12.3. The normalized spacial score (nSPS) is 13.5. The van der Waals surface area contributed by atoms with Crippen molar-refractivity contribution >= 4 is 23.2 Å². The first-order valence-corrected chi connectivity index (χ1v) is 6.83. The standard InChI is InChI=1S/C15H21N3O2/c1-11(19)18-10-7-12-5-4-6-13(15(12)18)16-14(20)8-9-17(2)3/h4-6H,7-10H2,1-3H3,(H,16,20). The number of hydrogen-bond donors (Lipinski definition) is 1. The zero-order valence-corrected chi connectivity index (χ0v) is 12.3. The van der Waals surface area contributed by atoms with Gasteiger partial charge in [-0.25, -0.2) is 0 Å². The number of nitrogens with zero attached hydrogens (tertiary/aromatic N) is 2. The molecule has 0 unspecified atom stereocenters. The summed E-state index contributed by atoms with van der Waals surface area (Å²) in [6.07, 6.45) is 1.28. The van der Waals surface area contributed by atoms with Crippen molar-refractivity contribution in [2.45, 2.75) is 19.8 Å². The molecule has 0 saturated carbocycles. The molecule has 5 nitrogen and oxygen atoms in total. The minimum Gasteiger partial charge on any atom is -0.324 e. The monoisotopic (exact) mass is 275 g/mol. The molecule has 1 aromatic carbocycles. The predicted molar refractivity (Wildman–Crippen MR) is 80.0 cm³/mol. The molecule has 1 aliphatic rings. The molecule has 1 aromatic rings. The van der Waals surface area contributed by atoms with Crippen LogP contribution in [0.2, 0.25) is 0 Å². The van der Waals surface area contributed by atoms with Crippen LogP contribution in [-0.4, -0.2) is 43.9 Å². The lowest BCUT2D eigenvalue weighted by molar-refractivity contribution is -0.117. The van der Waals surface area contributed by atoms with Crippen LogP contribution in [0.5, 0.6) is 0 Å². The van der Waals surface area contributed by atoms with Crippen LogP contribution in [0, 0.1) is 0 Å². The van der Waals surface area contributed by atoms with Gasteiger partial charge in [-0.3, -0.25) is 9.59 Å². The molecule has 108 valence electrons. The summed E-state index contributed by atoms with van der Waals surface area (Å²) in [6, 6.07) is 5.78. The summed E-state index contributed by atoms with van der Waals surface area (Å²) in [5, 5.41) is 2.92. The maximum absolute atomic E-state index is 12.0. The Labute approximate surface area is 119 Å². The highest BCUT2D eigenvalue weighted by Crippen LogP contribution is 2.35. The van der Waals surface area contributed by atoms with Crippen molar-refractivity contribution < 1.29 is 9.59 Å². The van der Waals surface area contributed by atoms with Gasteiger partial charge in [0.1, 0.15) is 0 Å². The van der Waals surface area contributed by atoms with Crippen molar-refractivity contribution in [1.82, 2.24) is 4.90 Å². The van der Waals surface area contributed by atoms with E-state index in [-0.39, 0.29) is 11.8 Å². The summed E-state index contributed by atoms with van der Waals surface area (Å²) >= 11 is 0. The third kappa shape index (κ3) is 3.17. The van der Waals surface area contributed by atoms with Crippen molar-refractivity contribution in [3.63, 3.8) is 0 Å². The Hall–Kier alpha value is -1.88. The first kappa shape index (κ1) is 14.5. The molecular weight excluding hydrogens is 254 g/mol. The van der Waals surface area contributed by atoms with Crippen LogP contribution in [-0.2, 0) is 16.0 Å². The molecular formula is C15H21N3O2. The SMILES string of the molecule is CC(=O)N1CCc2cccc(NC(=O)CCN(C)C)c21. The van der Waals surface area contributed by atoms with Crippen LogP contribution in [0.15, 0.2) is 18.2 Å². The fourth-order valence-corrected chi connectivity index (χ4v) is 2.41. The number of carbonyl (C=O) groups is 2. The molecule has 1 heterocycles. The Kier molecular flexibility index (Phi) is 4.39. The fourth-order valence-electron chi connectivity index (χ4n) is 2.41. The minimum absolute atomic E-state index is 0.0127. The van der Waals surface area contributed by atoms with E-state index >= 15 is 0 Å². The van der Waals surface area contributed by atoms with E-state index in [1.807, 2.05) is 37.2 Å².